The van der Waals surface area contributed by atoms with Gasteiger partial charge >= 0.3 is 0 Å². The smallest absolute Gasteiger partial charge is 0.223 e. The molecule has 1 aliphatic heterocycles. The molecule has 4 heteroatoms. The largest absolute Gasteiger partial charge is 0.396 e. The van der Waals surface area contributed by atoms with Gasteiger partial charge in [-0.3, -0.25) is 4.79 Å². The number of nitrogens with zero attached hydrogens (tertiary/aromatic N) is 1. The summed E-state index contributed by atoms with van der Waals surface area (Å²) >= 11 is 0. The lowest BCUT2D eigenvalue weighted by Crippen LogP contribution is -2.42. The summed E-state index contributed by atoms with van der Waals surface area (Å²) in [6.45, 7) is 0.846. The molecule has 0 spiro atoms. The molecule has 1 aliphatic rings. The quantitative estimate of drug-likeness (QED) is 0.499. The van der Waals surface area contributed by atoms with Crippen molar-refractivity contribution in [3.8, 4) is 0 Å². The van der Waals surface area contributed by atoms with E-state index in [0.29, 0.717) is 19.4 Å². The van der Waals surface area contributed by atoms with Crippen LogP contribution in [0.4, 0.5) is 0 Å². The average molecular weight is 357 g/mol. The molecular weight excluding hydrogens is 326 g/mol. The van der Waals surface area contributed by atoms with Gasteiger partial charge in [0.1, 0.15) is 0 Å². The molecule has 1 aromatic carbocycles. The number of piperidine rings is 1. The Bertz CT molecular complexity index is 582. The number of allylic oxidation sites excluding steroid dienone is 1. The Kier molecular flexibility index (Phi) is 9.15. The van der Waals surface area contributed by atoms with Gasteiger partial charge in [0, 0.05) is 26.0 Å². The number of unbranched alkanes of at least 4 members (excludes halogenated alkanes) is 2. The van der Waals surface area contributed by atoms with E-state index in [1.807, 2.05) is 53.5 Å². The van der Waals surface area contributed by atoms with Crippen LogP contribution in [0.15, 0.2) is 54.6 Å². The summed E-state index contributed by atoms with van der Waals surface area (Å²) < 4.78 is 0. The van der Waals surface area contributed by atoms with Crippen molar-refractivity contribution in [1.82, 2.24) is 4.90 Å². The Morgan fingerprint density at radius 2 is 2.00 bits per heavy atom. The minimum Gasteiger partial charge on any atom is -0.396 e. The molecule has 1 fully saturated rings. The zero-order chi connectivity index (χ0) is 18.6. The highest BCUT2D eigenvalue weighted by Crippen LogP contribution is 2.20. The first-order chi connectivity index (χ1) is 12.7. The second-order valence-electron chi connectivity index (χ2n) is 6.84. The number of aliphatic hydroxyl groups excluding tert-OH is 2. The topological polar surface area (TPSA) is 60.8 Å². The molecule has 2 atom stereocenters. The molecule has 1 saturated heterocycles. The molecule has 1 heterocycles. The van der Waals surface area contributed by atoms with Gasteiger partial charge in [0.15, 0.2) is 0 Å². The summed E-state index contributed by atoms with van der Waals surface area (Å²) in [7, 11) is 0. The lowest BCUT2D eigenvalue weighted by Gasteiger charge is -2.33. The van der Waals surface area contributed by atoms with E-state index in [9.17, 15) is 9.90 Å². The van der Waals surface area contributed by atoms with Crippen molar-refractivity contribution in [2.75, 3.05) is 13.2 Å². The zero-order valence-electron chi connectivity index (χ0n) is 15.5. The van der Waals surface area contributed by atoms with Gasteiger partial charge in [-0.2, -0.15) is 0 Å². The molecule has 26 heavy (non-hydrogen) atoms. The number of carbonyl (C=O) groups excluding carboxylic acids is 1. The number of hydrogen-bond donors (Lipinski definition) is 2. The van der Waals surface area contributed by atoms with Crippen molar-refractivity contribution < 1.29 is 15.0 Å². The number of hydrogen-bond acceptors (Lipinski definition) is 3. The normalized spacial score (nSPS) is 19.5. The van der Waals surface area contributed by atoms with Gasteiger partial charge in [0.2, 0.25) is 5.91 Å². The molecule has 0 aromatic heterocycles. The Hall–Kier alpha value is -1.91. The first kappa shape index (κ1) is 20.4. The zero-order valence-corrected chi connectivity index (χ0v) is 15.5. The SMILES string of the molecule is O=C1CCC[C@H](C=CC(O)Cc2ccccc2)N1CC=CCCCCO. The Morgan fingerprint density at radius 1 is 1.19 bits per heavy atom. The van der Waals surface area contributed by atoms with E-state index in [4.69, 9.17) is 5.11 Å². The number of benzene rings is 1. The highest BCUT2D eigenvalue weighted by atomic mass is 16.3. The third kappa shape index (κ3) is 7.14. The number of rotatable bonds is 10. The fourth-order valence-electron chi connectivity index (χ4n) is 3.24. The predicted molar refractivity (Wildman–Crippen MR) is 105 cm³/mol. The lowest BCUT2D eigenvalue weighted by atomic mass is 9.99. The van der Waals surface area contributed by atoms with E-state index >= 15 is 0 Å². The fraction of sp³-hybridized carbons (Fsp3) is 0.500. The van der Waals surface area contributed by atoms with Gasteiger partial charge in [0.05, 0.1) is 12.1 Å². The van der Waals surface area contributed by atoms with Crippen molar-refractivity contribution in [2.45, 2.75) is 57.1 Å². The molecular formula is C22H31NO3. The van der Waals surface area contributed by atoms with Crippen LogP contribution in [-0.2, 0) is 11.2 Å². The summed E-state index contributed by atoms with van der Waals surface area (Å²) in [4.78, 5) is 14.2. The third-order valence-corrected chi connectivity index (χ3v) is 4.70. The maximum Gasteiger partial charge on any atom is 0.223 e. The molecule has 2 N–H and O–H groups in total. The monoisotopic (exact) mass is 357 g/mol. The van der Waals surface area contributed by atoms with Crippen LogP contribution in [0.3, 0.4) is 0 Å². The van der Waals surface area contributed by atoms with Gasteiger partial charge in [-0.15, -0.1) is 0 Å². The molecule has 4 nitrogen and oxygen atoms in total. The molecule has 1 aromatic rings. The molecule has 142 valence electrons. The molecule has 1 amide bonds. The van der Waals surface area contributed by atoms with Crippen LogP contribution in [-0.4, -0.2) is 46.3 Å². The van der Waals surface area contributed by atoms with E-state index in [-0.39, 0.29) is 18.6 Å². The fourth-order valence-corrected chi connectivity index (χ4v) is 3.24. The summed E-state index contributed by atoms with van der Waals surface area (Å²) in [6, 6.07) is 9.99. The van der Waals surface area contributed by atoms with Crippen molar-refractivity contribution in [1.29, 1.82) is 0 Å². The Morgan fingerprint density at radius 3 is 2.77 bits per heavy atom. The van der Waals surface area contributed by atoms with Crippen molar-refractivity contribution in [3.05, 3.63) is 60.2 Å². The summed E-state index contributed by atoms with van der Waals surface area (Å²) in [5.41, 5.74) is 1.10. The number of carbonyl (C=O) groups is 1. The molecule has 1 unspecified atom stereocenters. The van der Waals surface area contributed by atoms with Crippen molar-refractivity contribution >= 4 is 5.91 Å². The van der Waals surface area contributed by atoms with Crippen LogP contribution >= 0.6 is 0 Å². The average Bonchev–Trinajstić information content (AvgIpc) is 2.65. The number of likely N-dealkylation sites (tertiary alicyclic amines) is 1. The van der Waals surface area contributed by atoms with Crippen molar-refractivity contribution in [3.63, 3.8) is 0 Å². The minimum absolute atomic E-state index is 0.0590. The first-order valence-electron chi connectivity index (χ1n) is 9.66. The molecule has 0 aliphatic carbocycles. The van der Waals surface area contributed by atoms with E-state index in [0.717, 1.165) is 37.7 Å². The highest BCUT2D eigenvalue weighted by molar-refractivity contribution is 5.77. The van der Waals surface area contributed by atoms with Crippen molar-refractivity contribution in [2.24, 2.45) is 0 Å². The Labute approximate surface area is 156 Å². The van der Waals surface area contributed by atoms with Crippen LogP contribution in [0, 0.1) is 0 Å². The minimum atomic E-state index is -0.537. The van der Waals surface area contributed by atoms with Gasteiger partial charge in [-0.05, 0) is 37.7 Å². The molecule has 0 saturated carbocycles. The molecule has 2 rings (SSSR count). The maximum absolute atomic E-state index is 12.3. The van der Waals surface area contributed by atoms with Crippen LogP contribution in [0.25, 0.3) is 0 Å². The summed E-state index contributed by atoms with van der Waals surface area (Å²) in [5, 5.41) is 19.0. The number of aliphatic hydroxyl groups is 2. The van der Waals surface area contributed by atoms with Crippen LogP contribution in [0.1, 0.15) is 44.1 Å². The van der Waals surface area contributed by atoms with Crippen LogP contribution in [0.2, 0.25) is 0 Å². The van der Waals surface area contributed by atoms with E-state index < -0.39 is 6.10 Å². The van der Waals surface area contributed by atoms with E-state index in [2.05, 4.69) is 6.08 Å². The van der Waals surface area contributed by atoms with Gasteiger partial charge in [0.25, 0.3) is 0 Å². The maximum atomic E-state index is 12.3. The predicted octanol–water partition coefficient (Wildman–Crippen LogP) is 3.25. The lowest BCUT2D eigenvalue weighted by molar-refractivity contribution is -0.134. The first-order valence-corrected chi connectivity index (χ1v) is 9.66. The molecule has 0 radical (unpaired) electrons. The van der Waals surface area contributed by atoms with Crippen LogP contribution < -0.4 is 0 Å². The second kappa shape index (κ2) is 11.7. The summed E-state index contributed by atoms with van der Waals surface area (Å²) in [6.07, 6.45) is 13.2. The van der Waals surface area contributed by atoms with Gasteiger partial charge in [-0.1, -0.05) is 54.6 Å². The number of amides is 1. The Balaban J connectivity index is 1.86. The van der Waals surface area contributed by atoms with Gasteiger partial charge in [-0.25, -0.2) is 0 Å². The summed E-state index contributed by atoms with van der Waals surface area (Å²) in [5.74, 6) is 0.184. The van der Waals surface area contributed by atoms with Crippen LogP contribution in [0.5, 0.6) is 0 Å². The highest BCUT2D eigenvalue weighted by Gasteiger charge is 2.25. The van der Waals surface area contributed by atoms with E-state index in [1.165, 1.54) is 0 Å². The van der Waals surface area contributed by atoms with E-state index in [1.54, 1.807) is 0 Å². The second-order valence-corrected chi connectivity index (χ2v) is 6.84. The third-order valence-electron chi connectivity index (χ3n) is 4.70. The standard InChI is InChI=1S/C22H31NO3/c24-17-8-3-1-2-7-16-23-20(12-9-13-22(23)26)14-15-21(25)18-19-10-5-4-6-11-19/h2,4-7,10-11,14-15,20-21,24-25H,1,3,8-9,12-13,16-18H2/t20-,21?/m1/s1. The van der Waals surface area contributed by atoms with Gasteiger partial charge < -0.3 is 15.1 Å². The molecule has 0 bridgehead atoms.